The summed E-state index contributed by atoms with van der Waals surface area (Å²) >= 11 is 0. The van der Waals surface area contributed by atoms with Crippen LogP contribution < -0.4 is 19.5 Å². The minimum atomic E-state index is -0.285. The SMILES string of the molecule is C/C=C/c1ccc(OCC(=O)Nc2cccc(OCc3cn4ccccc4n3)c2)c(OC)c1. The molecule has 0 atom stereocenters. The maximum Gasteiger partial charge on any atom is 0.262 e. The van der Waals surface area contributed by atoms with Crippen LogP contribution in [0.1, 0.15) is 18.2 Å². The van der Waals surface area contributed by atoms with E-state index in [1.54, 1.807) is 25.3 Å². The fourth-order valence-electron chi connectivity index (χ4n) is 3.32. The van der Waals surface area contributed by atoms with E-state index in [-0.39, 0.29) is 12.5 Å². The number of nitrogens with zero attached hydrogens (tertiary/aromatic N) is 2. The van der Waals surface area contributed by atoms with Gasteiger partial charge < -0.3 is 23.9 Å². The lowest BCUT2D eigenvalue weighted by Crippen LogP contribution is -2.20. The van der Waals surface area contributed by atoms with Crippen LogP contribution in [0.3, 0.4) is 0 Å². The minimum absolute atomic E-state index is 0.147. The van der Waals surface area contributed by atoms with Crippen molar-refractivity contribution in [3.63, 3.8) is 0 Å². The van der Waals surface area contributed by atoms with Crippen LogP contribution in [0.15, 0.2) is 79.1 Å². The normalized spacial score (nSPS) is 11.0. The number of methoxy groups -OCH3 is 1. The molecule has 1 N–H and O–H groups in total. The number of carbonyl (C=O) groups is 1. The number of allylic oxidation sites excluding steroid dienone is 1. The molecule has 0 fully saturated rings. The van der Waals surface area contributed by atoms with Crippen molar-refractivity contribution in [1.82, 2.24) is 9.38 Å². The topological polar surface area (TPSA) is 74.1 Å². The highest BCUT2D eigenvalue weighted by Crippen LogP contribution is 2.28. The van der Waals surface area contributed by atoms with Gasteiger partial charge in [-0.2, -0.15) is 0 Å². The average molecular weight is 444 g/mol. The van der Waals surface area contributed by atoms with E-state index in [2.05, 4.69) is 10.3 Å². The molecule has 0 bridgehead atoms. The fraction of sp³-hybridized carbons (Fsp3) is 0.154. The zero-order valence-electron chi connectivity index (χ0n) is 18.5. The Bertz CT molecular complexity index is 1250. The van der Waals surface area contributed by atoms with Gasteiger partial charge in [-0.05, 0) is 48.9 Å². The third-order valence-corrected chi connectivity index (χ3v) is 4.82. The number of rotatable bonds is 9. The van der Waals surface area contributed by atoms with Crippen molar-refractivity contribution in [1.29, 1.82) is 0 Å². The Balaban J connectivity index is 1.32. The molecule has 168 valence electrons. The third kappa shape index (κ3) is 5.71. The fourth-order valence-corrected chi connectivity index (χ4v) is 3.32. The predicted molar refractivity (Wildman–Crippen MR) is 128 cm³/mol. The monoisotopic (exact) mass is 443 g/mol. The maximum absolute atomic E-state index is 12.4. The molecular formula is C26H25N3O4. The average Bonchev–Trinajstić information content (AvgIpc) is 3.25. The van der Waals surface area contributed by atoms with Crippen molar-refractivity contribution in [2.75, 3.05) is 19.0 Å². The van der Waals surface area contributed by atoms with Gasteiger partial charge in [-0.3, -0.25) is 4.79 Å². The summed E-state index contributed by atoms with van der Waals surface area (Å²) < 4.78 is 18.8. The molecular weight excluding hydrogens is 418 g/mol. The highest BCUT2D eigenvalue weighted by atomic mass is 16.5. The second-order valence-electron chi connectivity index (χ2n) is 7.26. The molecule has 1 amide bonds. The molecule has 7 nitrogen and oxygen atoms in total. The number of pyridine rings is 1. The van der Waals surface area contributed by atoms with Gasteiger partial charge in [0.15, 0.2) is 18.1 Å². The quantitative estimate of drug-likeness (QED) is 0.395. The van der Waals surface area contributed by atoms with Crippen molar-refractivity contribution < 1.29 is 19.0 Å². The van der Waals surface area contributed by atoms with Gasteiger partial charge in [0.25, 0.3) is 5.91 Å². The lowest BCUT2D eigenvalue weighted by Gasteiger charge is -2.12. The van der Waals surface area contributed by atoms with Crippen LogP contribution in [0.25, 0.3) is 11.7 Å². The van der Waals surface area contributed by atoms with Crippen molar-refractivity contribution in [2.24, 2.45) is 0 Å². The van der Waals surface area contributed by atoms with Gasteiger partial charge in [-0.1, -0.05) is 30.4 Å². The highest BCUT2D eigenvalue weighted by Gasteiger charge is 2.09. The van der Waals surface area contributed by atoms with Crippen molar-refractivity contribution in [3.05, 3.63) is 90.4 Å². The Morgan fingerprint density at radius 1 is 1.06 bits per heavy atom. The standard InChI is InChI=1S/C26H25N3O4/c1-3-7-19-11-12-23(24(14-19)31-2)33-18-26(30)28-20-8-6-9-22(15-20)32-17-21-16-29-13-5-4-10-25(29)27-21/h3-16H,17-18H2,1-2H3,(H,28,30)/b7-3+. The molecule has 0 spiro atoms. The molecule has 0 aliphatic rings. The van der Waals surface area contributed by atoms with Gasteiger partial charge in [0.1, 0.15) is 18.0 Å². The largest absolute Gasteiger partial charge is 0.493 e. The van der Waals surface area contributed by atoms with E-state index in [1.165, 1.54) is 0 Å². The smallest absolute Gasteiger partial charge is 0.262 e. The Kier molecular flexibility index (Phi) is 6.90. The molecule has 0 aliphatic heterocycles. The van der Waals surface area contributed by atoms with E-state index >= 15 is 0 Å². The molecule has 0 saturated heterocycles. The Hall–Kier alpha value is -4.26. The molecule has 7 heteroatoms. The number of imidazole rings is 1. The summed E-state index contributed by atoms with van der Waals surface area (Å²) in [7, 11) is 1.57. The van der Waals surface area contributed by atoms with Gasteiger partial charge in [-0.15, -0.1) is 0 Å². The first-order valence-electron chi connectivity index (χ1n) is 10.5. The van der Waals surface area contributed by atoms with E-state index in [0.29, 0.717) is 29.5 Å². The molecule has 2 heterocycles. The number of benzene rings is 2. The molecule has 4 aromatic rings. The number of aromatic nitrogens is 2. The number of nitrogens with one attached hydrogen (secondary N) is 1. The van der Waals surface area contributed by atoms with Gasteiger partial charge in [0.2, 0.25) is 0 Å². The van der Waals surface area contributed by atoms with Gasteiger partial charge in [0.05, 0.1) is 12.8 Å². The van der Waals surface area contributed by atoms with Crippen LogP contribution in [-0.2, 0) is 11.4 Å². The predicted octanol–water partition coefficient (Wildman–Crippen LogP) is 4.97. The van der Waals surface area contributed by atoms with Crippen LogP contribution in [0.5, 0.6) is 17.2 Å². The molecule has 0 saturated carbocycles. The zero-order chi connectivity index (χ0) is 23.0. The minimum Gasteiger partial charge on any atom is -0.493 e. The lowest BCUT2D eigenvalue weighted by atomic mass is 10.2. The number of fused-ring (bicyclic) bond motifs is 1. The second-order valence-corrected chi connectivity index (χ2v) is 7.26. The Morgan fingerprint density at radius 3 is 2.79 bits per heavy atom. The van der Waals surface area contributed by atoms with E-state index in [4.69, 9.17) is 14.2 Å². The van der Waals surface area contributed by atoms with Crippen LogP contribution in [-0.4, -0.2) is 29.0 Å². The second kappa shape index (κ2) is 10.4. The van der Waals surface area contributed by atoms with E-state index in [1.807, 2.05) is 78.3 Å². The summed E-state index contributed by atoms with van der Waals surface area (Å²) in [6.07, 6.45) is 7.77. The van der Waals surface area contributed by atoms with Gasteiger partial charge in [0, 0.05) is 24.1 Å². The summed E-state index contributed by atoms with van der Waals surface area (Å²) in [5.74, 6) is 1.42. The number of amides is 1. The molecule has 2 aromatic heterocycles. The summed E-state index contributed by atoms with van der Waals surface area (Å²) in [6, 6.07) is 18.6. The van der Waals surface area contributed by atoms with Crippen LogP contribution in [0.2, 0.25) is 0 Å². The summed E-state index contributed by atoms with van der Waals surface area (Å²) in [5, 5.41) is 2.83. The number of hydrogen-bond acceptors (Lipinski definition) is 5. The zero-order valence-corrected chi connectivity index (χ0v) is 18.5. The Morgan fingerprint density at radius 2 is 1.97 bits per heavy atom. The molecule has 0 radical (unpaired) electrons. The van der Waals surface area contributed by atoms with E-state index < -0.39 is 0 Å². The first kappa shape index (κ1) is 22.0. The third-order valence-electron chi connectivity index (χ3n) is 4.82. The van der Waals surface area contributed by atoms with Crippen molar-refractivity contribution in [3.8, 4) is 17.2 Å². The molecule has 33 heavy (non-hydrogen) atoms. The van der Waals surface area contributed by atoms with Gasteiger partial charge >= 0.3 is 0 Å². The maximum atomic E-state index is 12.4. The number of anilines is 1. The highest BCUT2D eigenvalue weighted by molar-refractivity contribution is 5.92. The first-order chi connectivity index (χ1) is 16.1. The van der Waals surface area contributed by atoms with Gasteiger partial charge in [-0.25, -0.2) is 4.98 Å². The number of hydrogen-bond donors (Lipinski definition) is 1. The summed E-state index contributed by atoms with van der Waals surface area (Å²) in [4.78, 5) is 16.9. The van der Waals surface area contributed by atoms with Crippen molar-refractivity contribution >= 4 is 23.3 Å². The van der Waals surface area contributed by atoms with E-state index in [9.17, 15) is 4.79 Å². The number of carbonyl (C=O) groups excluding carboxylic acids is 1. The number of ether oxygens (including phenoxy) is 3. The Labute approximate surface area is 192 Å². The molecule has 2 aromatic carbocycles. The molecule has 0 aliphatic carbocycles. The molecule has 4 rings (SSSR count). The van der Waals surface area contributed by atoms with Crippen LogP contribution in [0, 0.1) is 0 Å². The summed E-state index contributed by atoms with van der Waals surface area (Å²) in [5.41, 5.74) is 3.29. The van der Waals surface area contributed by atoms with E-state index in [0.717, 1.165) is 16.9 Å². The van der Waals surface area contributed by atoms with Crippen LogP contribution >= 0.6 is 0 Å². The van der Waals surface area contributed by atoms with Crippen LogP contribution in [0.4, 0.5) is 5.69 Å². The lowest BCUT2D eigenvalue weighted by molar-refractivity contribution is -0.118. The summed E-state index contributed by atoms with van der Waals surface area (Å²) in [6.45, 7) is 2.12. The molecule has 0 unspecified atom stereocenters. The first-order valence-corrected chi connectivity index (χ1v) is 10.5. The van der Waals surface area contributed by atoms with Crippen molar-refractivity contribution in [2.45, 2.75) is 13.5 Å².